The van der Waals surface area contributed by atoms with Crippen molar-refractivity contribution >= 4 is 23.0 Å². The third-order valence-electron chi connectivity index (χ3n) is 3.81. The fourth-order valence-electron chi connectivity index (χ4n) is 2.61. The summed E-state index contributed by atoms with van der Waals surface area (Å²) in [6.45, 7) is 3.91. The number of rotatable bonds is 6. The van der Waals surface area contributed by atoms with E-state index in [-0.39, 0.29) is 6.10 Å². The van der Waals surface area contributed by atoms with Gasteiger partial charge in [0.1, 0.15) is 11.1 Å². The van der Waals surface area contributed by atoms with Crippen LogP contribution in [0.5, 0.6) is 11.5 Å². The molecule has 3 aromatic rings. The first-order valence-electron chi connectivity index (χ1n) is 8.59. The van der Waals surface area contributed by atoms with Crippen LogP contribution in [0, 0.1) is 11.3 Å². The Morgan fingerprint density at radius 3 is 2.59 bits per heavy atom. The van der Waals surface area contributed by atoms with Gasteiger partial charge in [0, 0.05) is 16.5 Å². The van der Waals surface area contributed by atoms with Gasteiger partial charge in [0.2, 0.25) is 0 Å². The minimum absolute atomic E-state index is 0.0106. The summed E-state index contributed by atoms with van der Waals surface area (Å²) in [5.41, 5.74) is 3.17. The third kappa shape index (κ3) is 4.36. The maximum absolute atomic E-state index is 9.70. The summed E-state index contributed by atoms with van der Waals surface area (Å²) in [5, 5.41) is 12.3. The lowest BCUT2D eigenvalue weighted by molar-refractivity contribution is 0.229. The first-order chi connectivity index (χ1) is 13.1. The van der Waals surface area contributed by atoms with Gasteiger partial charge in [-0.05, 0) is 26.0 Å². The van der Waals surface area contributed by atoms with Crippen molar-refractivity contribution in [2.45, 2.75) is 20.0 Å². The standard InChI is InChI=1S/C22H20N2O2S/c1-15(2)26-21-17(10-7-11-20(21)25-3)12-18(13-23)22-24-19(14-27-22)16-8-5-4-6-9-16/h4-12,14-15H,1-3H3/b18-12+. The summed E-state index contributed by atoms with van der Waals surface area (Å²) < 4.78 is 11.3. The van der Waals surface area contributed by atoms with Crippen LogP contribution in [0.2, 0.25) is 0 Å². The van der Waals surface area contributed by atoms with Crippen LogP contribution in [0.1, 0.15) is 24.4 Å². The van der Waals surface area contributed by atoms with Crippen molar-refractivity contribution in [1.29, 1.82) is 5.26 Å². The van der Waals surface area contributed by atoms with Gasteiger partial charge in [-0.3, -0.25) is 0 Å². The molecular weight excluding hydrogens is 356 g/mol. The number of nitriles is 1. The van der Waals surface area contributed by atoms with Gasteiger partial charge >= 0.3 is 0 Å². The van der Waals surface area contributed by atoms with E-state index in [0.29, 0.717) is 22.1 Å². The highest BCUT2D eigenvalue weighted by molar-refractivity contribution is 7.11. The van der Waals surface area contributed by atoms with Gasteiger partial charge in [-0.25, -0.2) is 4.98 Å². The summed E-state index contributed by atoms with van der Waals surface area (Å²) in [5.74, 6) is 1.27. The molecular formula is C22H20N2O2S. The van der Waals surface area contributed by atoms with Crippen LogP contribution in [-0.4, -0.2) is 18.2 Å². The van der Waals surface area contributed by atoms with Crippen LogP contribution in [0.15, 0.2) is 53.9 Å². The van der Waals surface area contributed by atoms with Crippen molar-refractivity contribution in [2.24, 2.45) is 0 Å². The molecule has 27 heavy (non-hydrogen) atoms. The van der Waals surface area contributed by atoms with Gasteiger partial charge in [-0.15, -0.1) is 11.3 Å². The highest BCUT2D eigenvalue weighted by Gasteiger charge is 2.14. The maximum atomic E-state index is 9.70. The van der Waals surface area contributed by atoms with Crippen molar-refractivity contribution in [3.8, 4) is 28.8 Å². The topological polar surface area (TPSA) is 55.1 Å². The van der Waals surface area contributed by atoms with E-state index in [1.165, 1.54) is 11.3 Å². The maximum Gasteiger partial charge on any atom is 0.168 e. The Balaban J connectivity index is 2.01. The fraction of sp³-hybridized carbons (Fsp3) is 0.182. The number of thiazole rings is 1. The highest BCUT2D eigenvalue weighted by Crippen LogP contribution is 2.35. The van der Waals surface area contributed by atoms with E-state index >= 15 is 0 Å². The number of allylic oxidation sites excluding steroid dienone is 1. The molecule has 0 unspecified atom stereocenters. The lowest BCUT2D eigenvalue weighted by Gasteiger charge is -2.16. The van der Waals surface area contributed by atoms with E-state index in [2.05, 4.69) is 11.1 Å². The molecule has 0 aliphatic rings. The predicted octanol–water partition coefficient (Wildman–Crippen LogP) is 5.67. The second-order valence-corrected chi connectivity index (χ2v) is 6.98. The summed E-state index contributed by atoms with van der Waals surface area (Å²) in [6, 6.07) is 17.8. The normalized spacial score (nSPS) is 11.3. The van der Waals surface area contributed by atoms with Crippen molar-refractivity contribution in [3.63, 3.8) is 0 Å². The van der Waals surface area contributed by atoms with Crippen LogP contribution in [-0.2, 0) is 0 Å². The highest BCUT2D eigenvalue weighted by atomic mass is 32.1. The molecule has 0 aliphatic carbocycles. The van der Waals surface area contributed by atoms with Crippen molar-refractivity contribution < 1.29 is 9.47 Å². The van der Waals surface area contributed by atoms with Gasteiger partial charge in [-0.1, -0.05) is 42.5 Å². The van der Waals surface area contributed by atoms with Crippen LogP contribution in [0.25, 0.3) is 22.9 Å². The van der Waals surface area contributed by atoms with E-state index < -0.39 is 0 Å². The molecule has 2 aromatic carbocycles. The quantitative estimate of drug-likeness (QED) is 0.520. The van der Waals surface area contributed by atoms with Crippen LogP contribution in [0.4, 0.5) is 0 Å². The van der Waals surface area contributed by atoms with E-state index in [1.807, 2.05) is 67.8 Å². The zero-order valence-electron chi connectivity index (χ0n) is 15.5. The number of hydrogen-bond donors (Lipinski definition) is 0. The molecule has 4 nitrogen and oxygen atoms in total. The number of para-hydroxylation sites is 1. The van der Waals surface area contributed by atoms with Gasteiger partial charge in [0.05, 0.1) is 24.5 Å². The average molecular weight is 376 g/mol. The average Bonchev–Trinajstić information content (AvgIpc) is 3.17. The van der Waals surface area contributed by atoms with E-state index in [4.69, 9.17) is 9.47 Å². The number of nitrogens with zero attached hydrogens (tertiary/aromatic N) is 2. The number of ether oxygens (including phenoxy) is 2. The third-order valence-corrected chi connectivity index (χ3v) is 4.68. The monoisotopic (exact) mass is 376 g/mol. The molecule has 0 spiro atoms. The van der Waals surface area contributed by atoms with Crippen LogP contribution in [0.3, 0.4) is 0 Å². The Labute approximate surface area is 163 Å². The number of benzene rings is 2. The van der Waals surface area contributed by atoms with Crippen LogP contribution < -0.4 is 9.47 Å². The van der Waals surface area contributed by atoms with E-state index in [1.54, 1.807) is 13.2 Å². The largest absolute Gasteiger partial charge is 0.493 e. The molecule has 0 saturated heterocycles. The molecule has 0 amide bonds. The molecule has 1 heterocycles. The molecule has 0 fully saturated rings. The van der Waals surface area contributed by atoms with Crippen molar-refractivity contribution in [1.82, 2.24) is 4.98 Å². The molecule has 1 aromatic heterocycles. The fourth-order valence-corrected chi connectivity index (χ4v) is 3.40. The number of methoxy groups -OCH3 is 1. The first kappa shape index (κ1) is 18.7. The van der Waals surface area contributed by atoms with E-state index in [9.17, 15) is 5.26 Å². The first-order valence-corrected chi connectivity index (χ1v) is 9.47. The van der Waals surface area contributed by atoms with Gasteiger partial charge in [0.25, 0.3) is 0 Å². The Morgan fingerprint density at radius 2 is 1.93 bits per heavy atom. The number of aromatic nitrogens is 1. The number of hydrogen-bond acceptors (Lipinski definition) is 5. The molecule has 0 radical (unpaired) electrons. The summed E-state index contributed by atoms with van der Waals surface area (Å²) in [7, 11) is 1.61. The van der Waals surface area contributed by atoms with Gasteiger partial charge < -0.3 is 9.47 Å². The Kier molecular flexibility index (Phi) is 5.90. The van der Waals surface area contributed by atoms with Crippen LogP contribution >= 0.6 is 11.3 Å². The SMILES string of the molecule is COc1cccc(/C=C(\C#N)c2nc(-c3ccccc3)cs2)c1OC(C)C. The lowest BCUT2D eigenvalue weighted by atomic mass is 10.1. The van der Waals surface area contributed by atoms with E-state index in [0.717, 1.165) is 16.8 Å². The minimum atomic E-state index is -0.0106. The molecule has 5 heteroatoms. The Morgan fingerprint density at radius 1 is 1.15 bits per heavy atom. The predicted molar refractivity (Wildman–Crippen MR) is 110 cm³/mol. The molecule has 0 bridgehead atoms. The molecule has 0 N–H and O–H groups in total. The molecule has 0 aliphatic heterocycles. The summed E-state index contributed by atoms with van der Waals surface area (Å²) >= 11 is 1.45. The smallest absolute Gasteiger partial charge is 0.168 e. The van der Waals surface area contributed by atoms with Gasteiger partial charge in [-0.2, -0.15) is 5.26 Å². The molecule has 0 atom stereocenters. The molecule has 0 saturated carbocycles. The minimum Gasteiger partial charge on any atom is -0.493 e. The second kappa shape index (κ2) is 8.52. The van der Waals surface area contributed by atoms with Gasteiger partial charge in [0.15, 0.2) is 11.5 Å². The zero-order chi connectivity index (χ0) is 19.2. The Hall–Kier alpha value is -3.10. The molecule has 136 valence electrons. The van der Waals surface area contributed by atoms with Crippen molar-refractivity contribution in [3.05, 3.63) is 64.5 Å². The Bertz CT molecular complexity index is 985. The summed E-state index contributed by atoms with van der Waals surface area (Å²) in [4.78, 5) is 4.64. The lowest BCUT2D eigenvalue weighted by Crippen LogP contribution is -2.08. The zero-order valence-corrected chi connectivity index (χ0v) is 16.3. The van der Waals surface area contributed by atoms with Crippen molar-refractivity contribution in [2.75, 3.05) is 7.11 Å². The molecule has 3 rings (SSSR count). The summed E-state index contributed by atoms with van der Waals surface area (Å²) in [6.07, 6.45) is 1.79. The second-order valence-electron chi connectivity index (χ2n) is 6.12.